The third-order valence-corrected chi connectivity index (χ3v) is 7.67. The summed E-state index contributed by atoms with van der Waals surface area (Å²) in [7, 11) is -3.61. The number of halogens is 2. The van der Waals surface area contributed by atoms with Crippen LogP contribution in [-0.4, -0.2) is 43.7 Å². The van der Waals surface area contributed by atoms with Gasteiger partial charge >= 0.3 is 0 Å². The molecule has 10 heteroatoms. The lowest BCUT2D eigenvalue weighted by Gasteiger charge is -2.32. The summed E-state index contributed by atoms with van der Waals surface area (Å²) in [5, 5.41) is 5.80. The molecule has 1 fully saturated rings. The normalized spacial score (nSPS) is 17.2. The molecule has 1 heterocycles. The summed E-state index contributed by atoms with van der Waals surface area (Å²) in [6.07, 6.45) is 2.69. The first-order valence-electron chi connectivity index (χ1n) is 9.83. The highest BCUT2D eigenvalue weighted by Crippen LogP contribution is 2.26. The second-order valence-corrected chi connectivity index (χ2v) is 10.1. The molecule has 2 aromatic rings. The molecule has 7 nitrogen and oxygen atoms in total. The first kappa shape index (κ1) is 23.5. The van der Waals surface area contributed by atoms with Crippen LogP contribution in [0.4, 0.5) is 5.69 Å². The van der Waals surface area contributed by atoms with E-state index < -0.39 is 21.8 Å². The van der Waals surface area contributed by atoms with Gasteiger partial charge in [0.2, 0.25) is 15.9 Å². The van der Waals surface area contributed by atoms with Gasteiger partial charge in [-0.3, -0.25) is 9.59 Å². The van der Waals surface area contributed by atoms with Gasteiger partial charge in [0.1, 0.15) is 0 Å². The third-order valence-electron chi connectivity index (χ3n) is 5.08. The van der Waals surface area contributed by atoms with Crippen LogP contribution in [0.2, 0.25) is 10.0 Å². The van der Waals surface area contributed by atoms with E-state index in [-0.39, 0.29) is 23.0 Å². The predicted octanol–water partition coefficient (Wildman–Crippen LogP) is 3.93. The van der Waals surface area contributed by atoms with E-state index in [1.54, 1.807) is 12.1 Å². The number of nitrogens with zero attached hydrogens (tertiary/aromatic N) is 1. The number of hydrogen-bond donors (Lipinski definition) is 2. The monoisotopic (exact) mass is 483 g/mol. The van der Waals surface area contributed by atoms with Crippen molar-refractivity contribution < 1.29 is 18.0 Å². The number of benzene rings is 2. The van der Waals surface area contributed by atoms with E-state index in [9.17, 15) is 18.0 Å². The summed E-state index contributed by atoms with van der Waals surface area (Å²) in [5.41, 5.74) is 0.592. The minimum Gasteiger partial charge on any atom is -0.343 e. The molecular formula is C21H23Cl2N3O4S. The number of amides is 2. The van der Waals surface area contributed by atoms with Crippen molar-refractivity contribution >= 4 is 50.7 Å². The van der Waals surface area contributed by atoms with Crippen LogP contribution in [0.5, 0.6) is 0 Å². The standard InChI is InChI=1S/C21H23Cl2N3O4S/c1-14-4-2-3-11-26(14)31(29,30)17-8-5-15(6-9-17)21(28)24-13-20(27)25-19-12-16(22)7-10-18(19)23/h5-10,12,14H,2-4,11,13H2,1H3,(H,24,28)(H,25,27). The maximum atomic E-state index is 12.9. The molecule has 0 aromatic heterocycles. The molecule has 2 aromatic carbocycles. The fourth-order valence-corrected chi connectivity index (χ4v) is 5.43. The molecule has 1 atom stereocenters. The number of piperidine rings is 1. The second-order valence-electron chi connectivity index (χ2n) is 7.34. The molecular weight excluding hydrogens is 461 g/mol. The lowest BCUT2D eigenvalue weighted by molar-refractivity contribution is -0.115. The van der Waals surface area contributed by atoms with Crippen LogP contribution in [0.3, 0.4) is 0 Å². The molecule has 2 N–H and O–H groups in total. The average Bonchev–Trinajstić information content (AvgIpc) is 2.75. The Morgan fingerprint density at radius 3 is 2.48 bits per heavy atom. The molecule has 3 rings (SSSR count). The van der Waals surface area contributed by atoms with Crippen molar-refractivity contribution in [3.8, 4) is 0 Å². The van der Waals surface area contributed by atoms with Crippen LogP contribution >= 0.6 is 23.2 Å². The van der Waals surface area contributed by atoms with E-state index >= 15 is 0 Å². The largest absolute Gasteiger partial charge is 0.343 e. The Balaban J connectivity index is 1.60. The number of hydrogen-bond acceptors (Lipinski definition) is 4. The molecule has 31 heavy (non-hydrogen) atoms. The Kier molecular flexibility index (Phi) is 7.59. The second kappa shape index (κ2) is 9.99. The third kappa shape index (κ3) is 5.77. The van der Waals surface area contributed by atoms with E-state index in [4.69, 9.17) is 23.2 Å². The molecule has 0 spiro atoms. The highest BCUT2D eigenvalue weighted by Gasteiger charge is 2.30. The maximum Gasteiger partial charge on any atom is 0.251 e. The average molecular weight is 484 g/mol. The van der Waals surface area contributed by atoms with Gasteiger partial charge < -0.3 is 10.6 Å². The Morgan fingerprint density at radius 1 is 1.10 bits per heavy atom. The summed E-state index contributed by atoms with van der Waals surface area (Å²) in [4.78, 5) is 24.6. The Labute approximate surface area is 191 Å². The maximum absolute atomic E-state index is 12.9. The fourth-order valence-electron chi connectivity index (χ4n) is 3.39. The van der Waals surface area contributed by atoms with Gasteiger partial charge in [0.05, 0.1) is 22.2 Å². The van der Waals surface area contributed by atoms with E-state index in [1.807, 2.05) is 6.92 Å². The molecule has 1 unspecified atom stereocenters. The number of carbonyl (C=O) groups excluding carboxylic acids is 2. The molecule has 0 radical (unpaired) electrons. The topological polar surface area (TPSA) is 95.6 Å². The van der Waals surface area contributed by atoms with Crippen molar-refractivity contribution in [1.29, 1.82) is 0 Å². The predicted molar refractivity (Wildman–Crippen MR) is 121 cm³/mol. The first-order chi connectivity index (χ1) is 14.7. The Hall–Kier alpha value is -2.13. The van der Waals surface area contributed by atoms with Crippen molar-refractivity contribution in [2.45, 2.75) is 37.1 Å². The lowest BCUT2D eigenvalue weighted by atomic mass is 10.1. The van der Waals surface area contributed by atoms with Gasteiger partial charge in [-0.05, 0) is 62.2 Å². The van der Waals surface area contributed by atoms with Gasteiger partial charge in [0.15, 0.2) is 0 Å². The molecule has 0 aliphatic carbocycles. The van der Waals surface area contributed by atoms with E-state index in [2.05, 4.69) is 10.6 Å². The zero-order valence-electron chi connectivity index (χ0n) is 16.9. The van der Waals surface area contributed by atoms with Crippen LogP contribution < -0.4 is 10.6 Å². The number of nitrogens with one attached hydrogen (secondary N) is 2. The lowest BCUT2D eigenvalue weighted by Crippen LogP contribution is -2.41. The molecule has 1 aliphatic rings. The first-order valence-corrected chi connectivity index (χ1v) is 12.0. The van der Waals surface area contributed by atoms with Gasteiger partial charge in [-0.25, -0.2) is 8.42 Å². The minimum absolute atomic E-state index is 0.0479. The van der Waals surface area contributed by atoms with Crippen molar-refractivity contribution in [1.82, 2.24) is 9.62 Å². The number of anilines is 1. The summed E-state index contributed by atoms with van der Waals surface area (Å²) < 4.78 is 27.3. The number of rotatable bonds is 6. The Morgan fingerprint density at radius 2 is 1.81 bits per heavy atom. The zero-order valence-corrected chi connectivity index (χ0v) is 19.2. The molecule has 0 saturated carbocycles. The van der Waals surface area contributed by atoms with Gasteiger partial charge in [0.25, 0.3) is 5.91 Å². The van der Waals surface area contributed by atoms with Crippen molar-refractivity contribution in [2.75, 3.05) is 18.4 Å². The quantitative estimate of drug-likeness (QED) is 0.650. The minimum atomic E-state index is -3.61. The van der Waals surface area contributed by atoms with Crippen molar-refractivity contribution in [3.63, 3.8) is 0 Å². The highest BCUT2D eigenvalue weighted by atomic mass is 35.5. The smallest absolute Gasteiger partial charge is 0.251 e. The fraction of sp³-hybridized carbons (Fsp3) is 0.333. The molecule has 2 amide bonds. The molecule has 166 valence electrons. The van der Waals surface area contributed by atoms with Crippen LogP contribution in [0.15, 0.2) is 47.4 Å². The number of sulfonamides is 1. The van der Waals surface area contributed by atoms with Crippen LogP contribution in [0.25, 0.3) is 0 Å². The van der Waals surface area contributed by atoms with Crippen LogP contribution in [-0.2, 0) is 14.8 Å². The van der Waals surface area contributed by atoms with Crippen molar-refractivity contribution in [3.05, 3.63) is 58.1 Å². The molecule has 1 aliphatic heterocycles. The Bertz CT molecular complexity index is 1070. The summed E-state index contributed by atoms with van der Waals surface area (Å²) in [6.45, 7) is 2.12. The molecule has 0 bridgehead atoms. The van der Waals surface area contributed by atoms with Crippen molar-refractivity contribution in [2.24, 2.45) is 0 Å². The van der Waals surface area contributed by atoms with E-state index in [0.29, 0.717) is 22.3 Å². The van der Waals surface area contributed by atoms with Gasteiger partial charge in [-0.15, -0.1) is 0 Å². The number of carbonyl (C=O) groups is 2. The highest BCUT2D eigenvalue weighted by molar-refractivity contribution is 7.89. The van der Waals surface area contributed by atoms with Crippen LogP contribution in [0, 0.1) is 0 Å². The summed E-state index contributed by atoms with van der Waals surface area (Å²) in [5.74, 6) is -0.974. The zero-order chi connectivity index (χ0) is 22.6. The van der Waals surface area contributed by atoms with E-state index in [1.165, 1.54) is 34.6 Å². The molecule has 1 saturated heterocycles. The van der Waals surface area contributed by atoms with Gasteiger partial charge in [-0.2, -0.15) is 4.31 Å². The van der Waals surface area contributed by atoms with Crippen LogP contribution in [0.1, 0.15) is 36.5 Å². The SMILES string of the molecule is CC1CCCCN1S(=O)(=O)c1ccc(C(=O)NCC(=O)Nc2cc(Cl)ccc2Cl)cc1. The summed E-state index contributed by atoms with van der Waals surface area (Å²) >= 11 is 11.9. The van der Waals surface area contributed by atoms with Gasteiger partial charge in [0, 0.05) is 23.2 Å². The summed E-state index contributed by atoms with van der Waals surface area (Å²) in [6, 6.07) is 10.3. The van der Waals surface area contributed by atoms with E-state index in [0.717, 1.165) is 19.3 Å². The van der Waals surface area contributed by atoms with Gasteiger partial charge in [-0.1, -0.05) is 29.6 Å².